The molecule has 0 aliphatic carbocycles. The molecular weight excluding hydrogens is 234 g/mol. The van der Waals surface area contributed by atoms with Gasteiger partial charge in [0.25, 0.3) is 0 Å². The Hall–Kier alpha value is -1.96. The fourth-order valence-electron chi connectivity index (χ4n) is 2.50. The summed E-state index contributed by atoms with van der Waals surface area (Å²) < 4.78 is 6.22. The number of hydrogen-bond donors (Lipinski definition) is 1. The lowest BCUT2D eigenvalue weighted by Crippen LogP contribution is -2.24. The van der Waals surface area contributed by atoms with E-state index >= 15 is 0 Å². The van der Waals surface area contributed by atoms with Crippen molar-refractivity contribution in [1.82, 2.24) is 0 Å². The van der Waals surface area contributed by atoms with Gasteiger partial charge in [0, 0.05) is 0 Å². The summed E-state index contributed by atoms with van der Waals surface area (Å²) in [6.45, 7) is 5.09. The molecule has 1 N–H and O–H groups in total. The van der Waals surface area contributed by atoms with Crippen molar-refractivity contribution in [2.75, 3.05) is 11.9 Å². The lowest BCUT2D eigenvalue weighted by atomic mass is 10.0. The fourth-order valence-corrected chi connectivity index (χ4v) is 2.50. The van der Waals surface area contributed by atoms with E-state index in [0.717, 1.165) is 24.4 Å². The zero-order valence-electron chi connectivity index (χ0n) is 11.4. The molecule has 2 nitrogen and oxygen atoms in total. The Balaban J connectivity index is 1.91. The van der Waals surface area contributed by atoms with Gasteiger partial charge in [-0.05, 0) is 30.5 Å². The topological polar surface area (TPSA) is 21.3 Å². The second-order valence-corrected chi connectivity index (χ2v) is 5.05. The van der Waals surface area contributed by atoms with Gasteiger partial charge in [-0.15, -0.1) is 0 Å². The molecule has 1 atom stereocenters. The molecule has 2 aromatic rings. The number of para-hydroxylation sites is 1. The standard InChI is InChI=1S/C17H19NO/c1-3-13-5-4-6-15-17(13)19-16(11-18-15)14-9-7-12(2)8-10-14/h4-10,16,18H,3,11H2,1-2H3. The van der Waals surface area contributed by atoms with Gasteiger partial charge in [0.2, 0.25) is 0 Å². The zero-order valence-corrected chi connectivity index (χ0v) is 11.4. The van der Waals surface area contributed by atoms with Crippen LogP contribution in [0.2, 0.25) is 0 Å². The first kappa shape index (κ1) is 12.1. The number of nitrogens with one attached hydrogen (secondary N) is 1. The predicted molar refractivity (Wildman–Crippen MR) is 78.9 cm³/mol. The van der Waals surface area contributed by atoms with Gasteiger partial charge in [-0.3, -0.25) is 0 Å². The molecule has 0 saturated heterocycles. The summed E-state index contributed by atoms with van der Waals surface area (Å²) in [5.74, 6) is 1.02. The molecule has 2 aromatic carbocycles. The summed E-state index contributed by atoms with van der Waals surface area (Å²) >= 11 is 0. The van der Waals surface area contributed by atoms with E-state index in [9.17, 15) is 0 Å². The van der Waals surface area contributed by atoms with Gasteiger partial charge in [0.05, 0.1) is 12.2 Å². The summed E-state index contributed by atoms with van der Waals surface area (Å²) in [4.78, 5) is 0. The number of hydrogen-bond acceptors (Lipinski definition) is 2. The second-order valence-electron chi connectivity index (χ2n) is 5.05. The molecule has 2 heteroatoms. The summed E-state index contributed by atoms with van der Waals surface area (Å²) in [6, 6.07) is 14.9. The maximum absolute atomic E-state index is 6.22. The molecule has 19 heavy (non-hydrogen) atoms. The van der Waals surface area contributed by atoms with Crippen molar-refractivity contribution in [3.63, 3.8) is 0 Å². The number of ether oxygens (including phenoxy) is 1. The molecule has 1 aliphatic heterocycles. The molecule has 0 spiro atoms. The SMILES string of the molecule is CCc1cccc2c1OC(c1ccc(C)cc1)CN2. The van der Waals surface area contributed by atoms with E-state index in [-0.39, 0.29) is 6.10 Å². The van der Waals surface area contributed by atoms with E-state index in [0.29, 0.717) is 0 Å². The van der Waals surface area contributed by atoms with Gasteiger partial charge >= 0.3 is 0 Å². The first-order valence-electron chi connectivity index (χ1n) is 6.87. The van der Waals surface area contributed by atoms with E-state index in [1.807, 2.05) is 0 Å². The number of rotatable bonds is 2. The number of benzene rings is 2. The molecule has 1 aliphatic rings. The van der Waals surface area contributed by atoms with Crippen molar-refractivity contribution in [3.05, 3.63) is 59.2 Å². The van der Waals surface area contributed by atoms with Crippen molar-refractivity contribution in [3.8, 4) is 5.75 Å². The molecular formula is C17H19NO. The molecule has 0 radical (unpaired) electrons. The minimum Gasteiger partial charge on any atom is -0.481 e. The summed E-state index contributed by atoms with van der Waals surface area (Å²) in [5, 5.41) is 3.48. The van der Waals surface area contributed by atoms with E-state index < -0.39 is 0 Å². The third-order valence-corrected chi connectivity index (χ3v) is 3.66. The molecule has 0 aromatic heterocycles. The average molecular weight is 253 g/mol. The summed E-state index contributed by atoms with van der Waals surface area (Å²) in [5.41, 5.74) is 4.89. The van der Waals surface area contributed by atoms with E-state index in [1.54, 1.807) is 0 Å². The third kappa shape index (κ3) is 2.30. The number of fused-ring (bicyclic) bond motifs is 1. The largest absolute Gasteiger partial charge is 0.481 e. The van der Waals surface area contributed by atoms with Crippen molar-refractivity contribution >= 4 is 5.69 Å². The van der Waals surface area contributed by atoms with Gasteiger partial charge in [0.15, 0.2) is 0 Å². The predicted octanol–water partition coefficient (Wildman–Crippen LogP) is 4.10. The molecule has 1 unspecified atom stereocenters. The van der Waals surface area contributed by atoms with Crippen LogP contribution in [-0.2, 0) is 6.42 Å². The molecule has 0 saturated carbocycles. The van der Waals surface area contributed by atoms with Crippen molar-refractivity contribution < 1.29 is 4.74 Å². The monoisotopic (exact) mass is 253 g/mol. The quantitative estimate of drug-likeness (QED) is 0.870. The van der Waals surface area contributed by atoms with Crippen LogP contribution in [0, 0.1) is 6.92 Å². The third-order valence-electron chi connectivity index (χ3n) is 3.66. The Morgan fingerprint density at radius 2 is 1.95 bits per heavy atom. The van der Waals surface area contributed by atoms with Crippen LogP contribution in [0.25, 0.3) is 0 Å². The van der Waals surface area contributed by atoms with Crippen molar-refractivity contribution in [2.45, 2.75) is 26.4 Å². The molecule has 0 amide bonds. The van der Waals surface area contributed by atoms with Gasteiger partial charge < -0.3 is 10.1 Å². The first-order valence-corrected chi connectivity index (χ1v) is 6.87. The van der Waals surface area contributed by atoms with Gasteiger partial charge in [-0.25, -0.2) is 0 Å². The molecule has 0 fully saturated rings. The highest BCUT2D eigenvalue weighted by Gasteiger charge is 2.22. The highest BCUT2D eigenvalue weighted by molar-refractivity contribution is 5.62. The molecule has 1 heterocycles. The normalized spacial score (nSPS) is 17.3. The first-order chi connectivity index (χ1) is 9.28. The highest BCUT2D eigenvalue weighted by Crippen LogP contribution is 2.37. The Labute approximate surface area is 114 Å². The minimum atomic E-state index is 0.0980. The van der Waals surface area contributed by atoms with Crippen LogP contribution in [0.1, 0.15) is 29.7 Å². The Morgan fingerprint density at radius 1 is 1.16 bits per heavy atom. The van der Waals surface area contributed by atoms with Crippen LogP contribution in [0.5, 0.6) is 5.75 Å². The minimum absolute atomic E-state index is 0.0980. The van der Waals surface area contributed by atoms with E-state index in [1.165, 1.54) is 16.7 Å². The fraction of sp³-hybridized carbons (Fsp3) is 0.294. The lowest BCUT2D eigenvalue weighted by molar-refractivity contribution is 0.208. The van der Waals surface area contributed by atoms with Crippen LogP contribution in [-0.4, -0.2) is 6.54 Å². The maximum Gasteiger partial charge on any atom is 0.146 e. The van der Waals surface area contributed by atoms with Gasteiger partial charge in [-0.2, -0.15) is 0 Å². The van der Waals surface area contributed by atoms with E-state index in [4.69, 9.17) is 4.74 Å². The van der Waals surface area contributed by atoms with Gasteiger partial charge in [0.1, 0.15) is 11.9 Å². The maximum atomic E-state index is 6.22. The molecule has 98 valence electrons. The van der Waals surface area contributed by atoms with Crippen LogP contribution < -0.4 is 10.1 Å². The lowest BCUT2D eigenvalue weighted by Gasteiger charge is -2.29. The van der Waals surface area contributed by atoms with Crippen LogP contribution in [0.4, 0.5) is 5.69 Å². The van der Waals surface area contributed by atoms with Crippen molar-refractivity contribution in [1.29, 1.82) is 0 Å². The summed E-state index contributed by atoms with van der Waals surface area (Å²) in [6.07, 6.45) is 1.09. The Morgan fingerprint density at radius 3 is 2.68 bits per heavy atom. The smallest absolute Gasteiger partial charge is 0.146 e. The average Bonchev–Trinajstić information content (AvgIpc) is 2.47. The second kappa shape index (κ2) is 4.96. The molecule has 0 bridgehead atoms. The number of aryl methyl sites for hydroxylation is 2. The Kier molecular flexibility index (Phi) is 3.16. The van der Waals surface area contributed by atoms with E-state index in [2.05, 4.69) is 61.6 Å². The molecule has 3 rings (SSSR count). The highest BCUT2D eigenvalue weighted by atomic mass is 16.5. The zero-order chi connectivity index (χ0) is 13.2. The van der Waals surface area contributed by atoms with Gasteiger partial charge in [-0.1, -0.05) is 48.9 Å². The summed E-state index contributed by atoms with van der Waals surface area (Å²) in [7, 11) is 0. The van der Waals surface area contributed by atoms with Crippen LogP contribution >= 0.6 is 0 Å². The van der Waals surface area contributed by atoms with Crippen LogP contribution in [0.3, 0.4) is 0 Å². The number of anilines is 1. The van der Waals surface area contributed by atoms with Crippen LogP contribution in [0.15, 0.2) is 42.5 Å². The van der Waals surface area contributed by atoms with Crippen molar-refractivity contribution in [2.24, 2.45) is 0 Å². The Bertz CT molecular complexity index is 560.